The molecule has 2 nitrogen and oxygen atoms in total. The van der Waals surface area contributed by atoms with E-state index in [-0.39, 0.29) is 0 Å². The second kappa shape index (κ2) is 4.14. The summed E-state index contributed by atoms with van der Waals surface area (Å²) in [7, 11) is 0. The van der Waals surface area contributed by atoms with Crippen LogP contribution in [0.4, 0.5) is 0 Å². The molecule has 0 unspecified atom stereocenters. The highest BCUT2D eigenvalue weighted by Gasteiger charge is 2.13. The Morgan fingerprint density at radius 3 is 1.95 bits per heavy atom. The van der Waals surface area contributed by atoms with Gasteiger partial charge in [-0.25, -0.2) is 0 Å². The number of furan rings is 2. The third-order valence-electron chi connectivity index (χ3n) is 4.18. The van der Waals surface area contributed by atoms with Gasteiger partial charge in [0.1, 0.15) is 22.3 Å². The van der Waals surface area contributed by atoms with Crippen LogP contribution in [0.5, 0.6) is 0 Å². The lowest BCUT2D eigenvalue weighted by Crippen LogP contribution is -1.71. The van der Waals surface area contributed by atoms with Crippen LogP contribution in [0.2, 0.25) is 0 Å². The van der Waals surface area contributed by atoms with Crippen molar-refractivity contribution in [1.29, 1.82) is 0 Å². The van der Waals surface area contributed by atoms with E-state index in [1.807, 2.05) is 24.3 Å². The van der Waals surface area contributed by atoms with Crippen molar-refractivity contribution in [2.45, 2.75) is 6.92 Å². The molecule has 0 N–H and O–H groups in total. The second-order valence-electron chi connectivity index (χ2n) is 5.69. The van der Waals surface area contributed by atoms with Crippen molar-refractivity contribution in [1.82, 2.24) is 0 Å². The molecule has 0 bridgehead atoms. The van der Waals surface area contributed by atoms with Gasteiger partial charge >= 0.3 is 0 Å². The van der Waals surface area contributed by atoms with Gasteiger partial charge in [0, 0.05) is 32.1 Å². The van der Waals surface area contributed by atoms with E-state index in [2.05, 4.69) is 47.1 Å². The molecule has 0 spiro atoms. The van der Waals surface area contributed by atoms with E-state index < -0.39 is 0 Å². The quantitative estimate of drug-likeness (QED) is 0.316. The maximum atomic E-state index is 5.97. The average molecular weight is 351 g/mol. The first-order valence-electron chi connectivity index (χ1n) is 7.14. The third kappa shape index (κ3) is 1.60. The highest BCUT2D eigenvalue weighted by molar-refractivity contribution is 9.10. The van der Waals surface area contributed by atoms with Gasteiger partial charge in [0.15, 0.2) is 0 Å². The van der Waals surface area contributed by atoms with Gasteiger partial charge in [0.05, 0.1) is 0 Å². The predicted molar refractivity (Wildman–Crippen MR) is 93.4 cm³/mol. The van der Waals surface area contributed by atoms with E-state index in [1.54, 1.807) is 0 Å². The number of fused-ring (bicyclic) bond motifs is 6. The summed E-state index contributed by atoms with van der Waals surface area (Å²) in [6.45, 7) is 2.10. The summed E-state index contributed by atoms with van der Waals surface area (Å²) >= 11 is 3.53. The number of hydrogen-bond donors (Lipinski definition) is 0. The van der Waals surface area contributed by atoms with E-state index in [0.717, 1.165) is 48.3 Å². The van der Waals surface area contributed by atoms with E-state index >= 15 is 0 Å². The summed E-state index contributed by atoms with van der Waals surface area (Å²) in [5.41, 5.74) is 4.77. The van der Waals surface area contributed by atoms with Crippen molar-refractivity contribution >= 4 is 59.8 Å². The van der Waals surface area contributed by atoms with Crippen LogP contribution in [-0.4, -0.2) is 0 Å². The van der Waals surface area contributed by atoms with Crippen molar-refractivity contribution < 1.29 is 8.83 Å². The Balaban J connectivity index is 2.00. The second-order valence-corrected chi connectivity index (χ2v) is 6.60. The molecule has 5 aromatic rings. The molecule has 0 amide bonds. The fourth-order valence-corrected chi connectivity index (χ4v) is 3.49. The SMILES string of the molecule is Cc1ccc2oc3cc4oc5ccc(Br)cc5c4cc3c2c1. The number of hydrogen-bond acceptors (Lipinski definition) is 2. The van der Waals surface area contributed by atoms with Gasteiger partial charge in [-0.05, 0) is 43.3 Å². The molecule has 0 fully saturated rings. The maximum Gasteiger partial charge on any atom is 0.139 e. The molecule has 0 atom stereocenters. The van der Waals surface area contributed by atoms with Crippen molar-refractivity contribution in [2.24, 2.45) is 0 Å². The van der Waals surface area contributed by atoms with Crippen molar-refractivity contribution in [3.63, 3.8) is 0 Å². The Morgan fingerprint density at radius 2 is 1.23 bits per heavy atom. The Kier molecular flexibility index (Phi) is 2.32. The van der Waals surface area contributed by atoms with Gasteiger partial charge < -0.3 is 8.83 Å². The van der Waals surface area contributed by atoms with Gasteiger partial charge in [0.2, 0.25) is 0 Å². The zero-order valence-electron chi connectivity index (χ0n) is 11.8. The normalized spacial score (nSPS) is 12.1. The van der Waals surface area contributed by atoms with E-state index in [4.69, 9.17) is 8.83 Å². The van der Waals surface area contributed by atoms with E-state index in [0.29, 0.717) is 0 Å². The fraction of sp³-hybridized carbons (Fsp3) is 0.0526. The van der Waals surface area contributed by atoms with Crippen LogP contribution in [0.25, 0.3) is 43.9 Å². The molecule has 0 radical (unpaired) electrons. The zero-order valence-corrected chi connectivity index (χ0v) is 13.4. The van der Waals surface area contributed by atoms with Crippen LogP contribution < -0.4 is 0 Å². The molecular formula is C19H11BrO2. The number of aryl methyl sites for hydroxylation is 1. The largest absolute Gasteiger partial charge is 0.456 e. The molecular weight excluding hydrogens is 340 g/mol. The van der Waals surface area contributed by atoms with Crippen LogP contribution in [0.1, 0.15) is 5.56 Å². The minimum atomic E-state index is 0.858. The molecule has 2 aromatic heterocycles. The van der Waals surface area contributed by atoms with Gasteiger partial charge in [-0.1, -0.05) is 27.6 Å². The number of rotatable bonds is 0. The topological polar surface area (TPSA) is 26.3 Å². The Labute approximate surface area is 134 Å². The molecule has 2 heterocycles. The fourth-order valence-electron chi connectivity index (χ4n) is 3.13. The van der Waals surface area contributed by atoms with Gasteiger partial charge in [-0.3, -0.25) is 0 Å². The minimum absolute atomic E-state index is 0.858. The monoisotopic (exact) mass is 350 g/mol. The van der Waals surface area contributed by atoms with Crippen molar-refractivity contribution in [3.8, 4) is 0 Å². The van der Waals surface area contributed by atoms with Crippen molar-refractivity contribution in [2.75, 3.05) is 0 Å². The molecule has 0 aliphatic rings. The Hall–Kier alpha value is -2.26. The van der Waals surface area contributed by atoms with Crippen molar-refractivity contribution in [3.05, 3.63) is 58.6 Å². The van der Waals surface area contributed by atoms with Gasteiger partial charge in [-0.15, -0.1) is 0 Å². The van der Waals surface area contributed by atoms with Gasteiger partial charge in [0.25, 0.3) is 0 Å². The summed E-state index contributed by atoms with van der Waals surface area (Å²) in [6.07, 6.45) is 0. The smallest absolute Gasteiger partial charge is 0.139 e. The molecule has 0 saturated heterocycles. The predicted octanol–water partition coefficient (Wildman–Crippen LogP) is 6.56. The van der Waals surface area contributed by atoms with Crippen LogP contribution in [0, 0.1) is 6.92 Å². The molecule has 106 valence electrons. The van der Waals surface area contributed by atoms with Crippen LogP contribution in [0.3, 0.4) is 0 Å². The summed E-state index contributed by atoms with van der Waals surface area (Å²) < 4.78 is 13.0. The minimum Gasteiger partial charge on any atom is -0.456 e. The highest BCUT2D eigenvalue weighted by atomic mass is 79.9. The summed E-state index contributed by atoms with van der Waals surface area (Å²) in [5.74, 6) is 0. The maximum absolute atomic E-state index is 5.97. The van der Waals surface area contributed by atoms with Crippen LogP contribution in [0.15, 0.2) is 61.8 Å². The molecule has 3 heteroatoms. The van der Waals surface area contributed by atoms with Gasteiger partial charge in [-0.2, -0.15) is 0 Å². The first-order chi connectivity index (χ1) is 10.7. The molecule has 22 heavy (non-hydrogen) atoms. The molecule has 0 aliphatic carbocycles. The Morgan fingerprint density at radius 1 is 0.636 bits per heavy atom. The standard InChI is InChI=1S/C19H11BrO2/c1-10-2-4-16-12(6-10)14-8-15-13-7-11(20)3-5-17(13)22-19(15)9-18(14)21-16/h2-9H,1H3. The average Bonchev–Trinajstić information content (AvgIpc) is 3.02. The van der Waals surface area contributed by atoms with Crippen LogP contribution >= 0.6 is 15.9 Å². The lowest BCUT2D eigenvalue weighted by atomic mass is 10.1. The summed E-state index contributed by atoms with van der Waals surface area (Å²) in [6, 6.07) is 16.5. The first kappa shape index (κ1) is 12.3. The zero-order chi connectivity index (χ0) is 14.8. The Bertz CT molecular complexity index is 1100. The first-order valence-corrected chi connectivity index (χ1v) is 7.93. The lowest BCUT2D eigenvalue weighted by Gasteiger charge is -1.93. The molecule has 0 saturated carbocycles. The number of halogens is 1. The molecule has 5 rings (SSSR count). The lowest BCUT2D eigenvalue weighted by molar-refractivity contribution is 0.656. The van der Waals surface area contributed by atoms with Crippen LogP contribution in [-0.2, 0) is 0 Å². The highest BCUT2D eigenvalue weighted by Crippen LogP contribution is 2.37. The summed E-state index contributed by atoms with van der Waals surface area (Å²) in [5, 5.41) is 4.52. The summed E-state index contributed by atoms with van der Waals surface area (Å²) in [4.78, 5) is 0. The third-order valence-corrected chi connectivity index (χ3v) is 4.67. The van der Waals surface area contributed by atoms with E-state index in [9.17, 15) is 0 Å². The molecule has 3 aromatic carbocycles. The molecule has 0 aliphatic heterocycles. The number of benzene rings is 3. The van der Waals surface area contributed by atoms with E-state index in [1.165, 1.54) is 5.56 Å².